The van der Waals surface area contributed by atoms with Crippen molar-refractivity contribution < 1.29 is 4.79 Å². The normalized spacial score (nSPS) is 24.8. The van der Waals surface area contributed by atoms with Crippen LogP contribution in [-0.2, 0) is 13.1 Å². The highest BCUT2D eigenvalue weighted by Crippen LogP contribution is 2.62. The maximum atomic E-state index is 12.8. The number of amides is 2. The third-order valence-electron chi connectivity index (χ3n) is 9.06. The number of benzene rings is 2. The van der Waals surface area contributed by atoms with Crippen LogP contribution in [0.3, 0.4) is 0 Å². The Morgan fingerprint density at radius 1 is 1.05 bits per heavy atom. The van der Waals surface area contributed by atoms with E-state index in [4.69, 9.17) is 16.6 Å². The molecule has 0 spiro atoms. The zero-order chi connectivity index (χ0) is 26.6. The average Bonchev–Trinajstić information content (AvgIpc) is 3.62. The first-order chi connectivity index (χ1) is 19.0. The summed E-state index contributed by atoms with van der Waals surface area (Å²) in [5.41, 5.74) is 4.62. The molecule has 39 heavy (non-hydrogen) atoms. The topological polar surface area (TPSA) is 83.3 Å². The predicted molar refractivity (Wildman–Crippen MR) is 157 cm³/mol. The van der Waals surface area contributed by atoms with Gasteiger partial charge in [-0.1, -0.05) is 54.1 Å². The van der Waals surface area contributed by atoms with Gasteiger partial charge in [-0.15, -0.1) is 0 Å². The summed E-state index contributed by atoms with van der Waals surface area (Å²) in [6.45, 7) is 1.13. The molecule has 0 saturated heterocycles. The fraction of sp³-hybridized carbons (Fsp3) is 0.367. The quantitative estimate of drug-likeness (QED) is 0.216. The van der Waals surface area contributed by atoms with E-state index in [1.165, 1.54) is 32.1 Å². The third-order valence-corrected chi connectivity index (χ3v) is 9.95. The molecule has 0 radical (unpaired) electrons. The lowest BCUT2D eigenvalue weighted by atomic mass is 9.82. The van der Waals surface area contributed by atoms with Crippen LogP contribution in [0.1, 0.15) is 43.2 Å². The van der Waals surface area contributed by atoms with Gasteiger partial charge in [0.25, 0.3) is 0 Å². The van der Waals surface area contributed by atoms with Crippen molar-refractivity contribution in [3.8, 4) is 11.3 Å². The summed E-state index contributed by atoms with van der Waals surface area (Å²) in [6, 6.07) is 17.9. The summed E-state index contributed by atoms with van der Waals surface area (Å²) in [6.07, 6.45) is 8.08. The fourth-order valence-corrected chi connectivity index (χ4v) is 7.90. The lowest BCUT2D eigenvalue weighted by molar-refractivity contribution is 0.195. The standard InChI is InChI=1S/C30H30BrClN6O/c31-24-17-35-38-27(13-26(36-28(24)38)23-3-1-2-4-25(23)32)33-15-18-5-7-19(8-6-18)16-34-29(39)37-30-14-20-11-21(30)9-10-22(30)12-20/h1-8,13,17,20-22,33H,9-12,14-16H2,(H2,34,37,39)/t20?,21-,22+,30?. The van der Waals surface area contributed by atoms with Gasteiger partial charge in [0.15, 0.2) is 5.65 Å². The molecule has 2 amide bonds. The molecule has 4 aromatic rings. The first-order valence-corrected chi connectivity index (χ1v) is 14.8. The zero-order valence-corrected chi connectivity index (χ0v) is 23.8. The Morgan fingerprint density at radius 2 is 1.77 bits per heavy atom. The van der Waals surface area contributed by atoms with Crippen LogP contribution in [-0.4, -0.2) is 26.2 Å². The van der Waals surface area contributed by atoms with Gasteiger partial charge in [-0.05, 0) is 83.0 Å². The van der Waals surface area contributed by atoms with Crippen molar-refractivity contribution >= 4 is 45.0 Å². The molecule has 3 aliphatic carbocycles. The summed E-state index contributed by atoms with van der Waals surface area (Å²) in [7, 11) is 0. The van der Waals surface area contributed by atoms with E-state index >= 15 is 0 Å². The molecule has 3 saturated carbocycles. The van der Waals surface area contributed by atoms with Gasteiger partial charge >= 0.3 is 6.03 Å². The molecule has 4 atom stereocenters. The zero-order valence-electron chi connectivity index (χ0n) is 21.5. The Hall–Kier alpha value is -3.10. The molecule has 3 fully saturated rings. The maximum absolute atomic E-state index is 12.8. The van der Waals surface area contributed by atoms with E-state index in [2.05, 4.69) is 61.2 Å². The van der Waals surface area contributed by atoms with E-state index in [0.717, 1.165) is 38.6 Å². The van der Waals surface area contributed by atoms with Crippen LogP contribution in [0.25, 0.3) is 16.9 Å². The number of hydrogen-bond donors (Lipinski definition) is 3. The molecular weight excluding hydrogens is 576 g/mol. The second-order valence-corrected chi connectivity index (χ2v) is 12.5. The van der Waals surface area contributed by atoms with Crippen LogP contribution < -0.4 is 16.0 Å². The largest absolute Gasteiger partial charge is 0.366 e. The van der Waals surface area contributed by atoms with Gasteiger partial charge in [-0.25, -0.2) is 9.78 Å². The van der Waals surface area contributed by atoms with Crippen molar-refractivity contribution in [2.45, 2.75) is 50.7 Å². The SMILES string of the molecule is O=C(NCc1ccc(CNc2cc(-c3ccccc3Cl)nc3c(Br)cnn23)cc1)NC12CC3C[C@H]1CC[C@H]2C3. The second-order valence-electron chi connectivity index (χ2n) is 11.3. The number of carbonyl (C=O) groups excluding carboxylic acids is 1. The van der Waals surface area contributed by atoms with Gasteiger partial charge in [-0.3, -0.25) is 0 Å². The smallest absolute Gasteiger partial charge is 0.315 e. The molecule has 2 aromatic carbocycles. The molecule has 0 aliphatic heterocycles. The molecule has 200 valence electrons. The summed E-state index contributed by atoms with van der Waals surface area (Å²) < 4.78 is 2.59. The molecule has 9 heteroatoms. The molecule has 2 aromatic heterocycles. The summed E-state index contributed by atoms with van der Waals surface area (Å²) in [4.78, 5) is 17.6. The van der Waals surface area contributed by atoms with Crippen molar-refractivity contribution in [2.75, 3.05) is 5.32 Å². The minimum Gasteiger partial charge on any atom is -0.366 e. The highest BCUT2D eigenvalue weighted by molar-refractivity contribution is 9.10. The number of halogens is 2. The van der Waals surface area contributed by atoms with Crippen LogP contribution in [0, 0.1) is 17.8 Å². The first kappa shape index (κ1) is 24.9. The number of rotatable bonds is 7. The second kappa shape index (κ2) is 9.82. The van der Waals surface area contributed by atoms with Gasteiger partial charge in [0, 0.05) is 35.3 Å². The molecule has 7 nitrogen and oxygen atoms in total. The molecule has 7 rings (SSSR count). The number of aromatic nitrogens is 3. The highest BCUT2D eigenvalue weighted by Gasteiger charge is 2.61. The third kappa shape index (κ3) is 4.47. The minimum absolute atomic E-state index is 0.0263. The molecule has 3 aliphatic rings. The summed E-state index contributed by atoms with van der Waals surface area (Å²) in [5, 5.41) is 15.1. The van der Waals surface area contributed by atoms with Crippen LogP contribution in [0.15, 0.2) is 65.3 Å². The van der Waals surface area contributed by atoms with Gasteiger partial charge in [0.05, 0.1) is 16.4 Å². The first-order valence-electron chi connectivity index (χ1n) is 13.7. The lowest BCUT2D eigenvalue weighted by Gasteiger charge is -2.35. The van der Waals surface area contributed by atoms with E-state index in [-0.39, 0.29) is 11.6 Å². The average molecular weight is 606 g/mol. The van der Waals surface area contributed by atoms with Crippen molar-refractivity contribution in [1.82, 2.24) is 25.2 Å². The maximum Gasteiger partial charge on any atom is 0.315 e. The number of anilines is 1. The molecule has 2 unspecified atom stereocenters. The highest BCUT2D eigenvalue weighted by atomic mass is 79.9. The van der Waals surface area contributed by atoms with E-state index < -0.39 is 0 Å². The van der Waals surface area contributed by atoms with Gasteiger partial charge in [0.1, 0.15) is 5.82 Å². The number of nitrogens with one attached hydrogen (secondary N) is 3. The monoisotopic (exact) mass is 604 g/mol. The van der Waals surface area contributed by atoms with E-state index in [1.54, 1.807) is 10.7 Å². The predicted octanol–water partition coefficient (Wildman–Crippen LogP) is 6.80. The van der Waals surface area contributed by atoms with Crippen molar-refractivity contribution in [1.29, 1.82) is 0 Å². The van der Waals surface area contributed by atoms with Gasteiger partial charge < -0.3 is 16.0 Å². The minimum atomic E-state index is -0.0263. The summed E-state index contributed by atoms with van der Waals surface area (Å²) in [5.74, 6) is 3.01. The van der Waals surface area contributed by atoms with E-state index in [1.807, 2.05) is 30.3 Å². The van der Waals surface area contributed by atoms with Gasteiger partial charge in [0.2, 0.25) is 0 Å². The lowest BCUT2D eigenvalue weighted by Crippen LogP contribution is -2.54. The van der Waals surface area contributed by atoms with Gasteiger partial charge in [-0.2, -0.15) is 9.61 Å². The number of urea groups is 1. The van der Waals surface area contributed by atoms with Crippen molar-refractivity contribution in [2.24, 2.45) is 17.8 Å². The Bertz CT molecular complexity index is 1540. The fourth-order valence-electron chi connectivity index (χ4n) is 7.32. The Balaban J connectivity index is 1.00. The molecule has 2 heterocycles. The number of nitrogens with zero attached hydrogens (tertiary/aromatic N) is 3. The van der Waals surface area contributed by atoms with Crippen LogP contribution in [0.2, 0.25) is 5.02 Å². The molecule has 2 bridgehead atoms. The van der Waals surface area contributed by atoms with Crippen molar-refractivity contribution in [3.05, 3.63) is 81.4 Å². The summed E-state index contributed by atoms with van der Waals surface area (Å²) >= 11 is 10.0. The number of hydrogen-bond acceptors (Lipinski definition) is 4. The Kier molecular flexibility index (Phi) is 6.27. The van der Waals surface area contributed by atoms with Crippen LogP contribution >= 0.6 is 27.5 Å². The van der Waals surface area contributed by atoms with E-state index in [0.29, 0.717) is 35.6 Å². The van der Waals surface area contributed by atoms with Crippen LogP contribution in [0.4, 0.5) is 10.6 Å². The van der Waals surface area contributed by atoms with Crippen molar-refractivity contribution in [3.63, 3.8) is 0 Å². The Morgan fingerprint density at radius 3 is 2.51 bits per heavy atom. The molecular formula is C30H30BrClN6O. The van der Waals surface area contributed by atoms with E-state index in [9.17, 15) is 4.79 Å². The Labute approximate surface area is 240 Å². The number of fused-ring (bicyclic) bond motifs is 2. The number of carbonyl (C=O) groups is 1. The molecule has 3 N–H and O–H groups in total. The van der Waals surface area contributed by atoms with Crippen LogP contribution in [0.5, 0.6) is 0 Å².